The number of carbonyl (C=O) groups is 1. The van der Waals surface area contributed by atoms with Crippen LogP contribution in [0.2, 0.25) is 0 Å². The van der Waals surface area contributed by atoms with Crippen molar-refractivity contribution < 1.29 is 9.90 Å². The number of nitrogens with zero attached hydrogens (tertiary/aromatic N) is 2. The lowest BCUT2D eigenvalue weighted by Gasteiger charge is -2.26. The van der Waals surface area contributed by atoms with Crippen molar-refractivity contribution >= 4 is 5.97 Å². The molecule has 0 amide bonds. The normalized spacial score (nSPS) is 28.1. The van der Waals surface area contributed by atoms with Gasteiger partial charge in [0.05, 0.1) is 5.92 Å². The van der Waals surface area contributed by atoms with Crippen LogP contribution in [-0.4, -0.2) is 34.6 Å². The van der Waals surface area contributed by atoms with Crippen LogP contribution in [0.1, 0.15) is 68.5 Å². The maximum Gasteiger partial charge on any atom is 0.306 e. The number of aliphatic carboxylic acids is 1. The van der Waals surface area contributed by atoms with Gasteiger partial charge in [-0.2, -0.15) is 0 Å². The summed E-state index contributed by atoms with van der Waals surface area (Å²) in [7, 11) is 2.21. The first-order valence-electron chi connectivity index (χ1n) is 9.50. The molecule has 1 aliphatic carbocycles. The molecular weight excluding hydrogens is 300 g/mol. The summed E-state index contributed by atoms with van der Waals surface area (Å²) in [6.45, 7) is 1.19. The van der Waals surface area contributed by atoms with Crippen molar-refractivity contribution in [1.29, 1.82) is 0 Å². The lowest BCUT2D eigenvalue weighted by atomic mass is 9.80. The number of pyridine rings is 1. The van der Waals surface area contributed by atoms with E-state index in [1.807, 2.05) is 12.4 Å². The van der Waals surface area contributed by atoms with Gasteiger partial charge in [0.15, 0.2) is 0 Å². The number of hydrogen-bond acceptors (Lipinski definition) is 3. The molecule has 24 heavy (non-hydrogen) atoms. The van der Waals surface area contributed by atoms with E-state index in [4.69, 9.17) is 5.11 Å². The summed E-state index contributed by atoms with van der Waals surface area (Å²) < 4.78 is 0. The van der Waals surface area contributed by atoms with Crippen molar-refractivity contribution in [3.8, 4) is 0 Å². The van der Waals surface area contributed by atoms with E-state index in [2.05, 4.69) is 23.0 Å². The molecule has 4 heteroatoms. The van der Waals surface area contributed by atoms with Crippen LogP contribution < -0.4 is 0 Å². The third-order valence-corrected chi connectivity index (χ3v) is 6.00. The largest absolute Gasteiger partial charge is 0.481 e. The molecular formula is C20H30N2O2. The number of carboxylic acids is 1. The van der Waals surface area contributed by atoms with Gasteiger partial charge in [0.25, 0.3) is 0 Å². The monoisotopic (exact) mass is 330 g/mol. The van der Waals surface area contributed by atoms with Gasteiger partial charge in [-0.1, -0.05) is 12.5 Å². The smallest absolute Gasteiger partial charge is 0.306 e. The topological polar surface area (TPSA) is 53.4 Å². The van der Waals surface area contributed by atoms with Crippen LogP contribution in [0.4, 0.5) is 0 Å². The molecule has 0 bridgehead atoms. The van der Waals surface area contributed by atoms with Gasteiger partial charge in [0.1, 0.15) is 0 Å². The molecule has 0 aromatic carbocycles. The van der Waals surface area contributed by atoms with E-state index in [0.717, 1.165) is 38.0 Å². The zero-order valence-electron chi connectivity index (χ0n) is 14.8. The van der Waals surface area contributed by atoms with Crippen molar-refractivity contribution in [3.05, 3.63) is 29.6 Å². The van der Waals surface area contributed by atoms with Crippen LogP contribution >= 0.6 is 0 Å². The number of aryl methyl sites for hydroxylation is 1. The fraction of sp³-hybridized carbons (Fsp3) is 0.700. The van der Waals surface area contributed by atoms with Gasteiger partial charge in [-0.25, -0.2) is 0 Å². The fourth-order valence-electron chi connectivity index (χ4n) is 4.45. The van der Waals surface area contributed by atoms with E-state index < -0.39 is 5.97 Å². The molecule has 3 rings (SSSR count). The van der Waals surface area contributed by atoms with Crippen LogP contribution in [0.5, 0.6) is 0 Å². The highest BCUT2D eigenvalue weighted by molar-refractivity contribution is 5.69. The number of hydrogen-bond donors (Lipinski definition) is 1. The summed E-state index contributed by atoms with van der Waals surface area (Å²) in [5.41, 5.74) is 2.72. The number of carboxylic acid groups (broad SMARTS) is 1. The highest BCUT2D eigenvalue weighted by Gasteiger charge is 2.25. The van der Waals surface area contributed by atoms with E-state index >= 15 is 0 Å². The lowest BCUT2D eigenvalue weighted by molar-refractivity contribution is -0.143. The van der Waals surface area contributed by atoms with Crippen molar-refractivity contribution in [2.24, 2.45) is 11.8 Å². The second-order valence-electron chi connectivity index (χ2n) is 7.71. The minimum absolute atomic E-state index is 0.0921. The number of likely N-dealkylation sites (tertiary alicyclic amines) is 1. The predicted octanol–water partition coefficient (Wildman–Crippen LogP) is 4.06. The Labute approximate surface area is 145 Å². The van der Waals surface area contributed by atoms with Gasteiger partial charge < -0.3 is 5.11 Å². The van der Waals surface area contributed by atoms with Crippen molar-refractivity contribution in [1.82, 2.24) is 9.88 Å². The fourth-order valence-corrected chi connectivity index (χ4v) is 4.45. The Bertz CT molecular complexity index is 552. The van der Waals surface area contributed by atoms with Crippen LogP contribution in [0, 0.1) is 11.8 Å². The summed E-state index contributed by atoms with van der Waals surface area (Å²) >= 11 is 0. The molecule has 4 nitrogen and oxygen atoms in total. The Morgan fingerprint density at radius 3 is 2.71 bits per heavy atom. The van der Waals surface area contributed by atoms with Gasteiger partial charge in [-0.05, 0) is 82.0 Å². The SMILES string of the molecule is CN1CCCC1c1cncc(CCC[C@H]2CC[C@H](C(=O)O)CC2)c1. The van der Waals surface area contributed by atoms with Gasteiger partial charge in [-0.15, -0.1) is 0 Å². The third-order valence-electron chi connectivity index (χ3n) is 6.00. The van der Waals surface area contributed by atoms with Gasteiger partial charge in [0, 0.05) is 18.4 Å². The van der Waals surface area contributed by atoms with E-state index in [1.54, 1.807) is 0 Å². The maximum absolute atomic E-state index is 11.0. The molecule has 1 unspecified atom stereocenters. The molecule has 1 N–H and O–H groups in total. The summed E-state index contributed by atoms with van der Waals surface area (Å²) in [6.07, 6.45) is 14.0. The molecule has 1 saturated heterocycles. The quantitative estimate of drug-likeness (QED) is 0.854. The zero-order valence-corrected chi connectivity index (χ0v) is 14.8. The zero-order chi connectivity index (χ0) is 16.9. The van der Waals surface area contributed by atoms with Crippen molar-refractivity contribution in [3.63, 3.8) is 0 Å². The first-order valence-corrected chi connectivity index (χ1v) is 9.50. The molecule has 2 heterocycles. The molecule has 1 aromatic heterocycles. The first-order chi connectivity index (χ1) is 11.6. The molecule has 0 radical (unpaired) electrons. The van der Waals surface area contributed by atoms with E-state index in [1.165, 1.54) is 43.4 Å². The molecule has 1 aliphatic heterocycles. The van der Waals surface area contributed by atoms with E-state index in [-0.39, 0.29) is 5.92 Å². The van der Waals surface area contributed by atoms with Crippen LogP contribution in [0.3, 0.4) is 0 Å². The standard InChI is InChI=1S/C20H30N2O2/c1-22-11-3-6-19(22)18-12-16(13-21-14-18)5-2-4-15-7-9-17(10-8-15)20(23)24/h12-15,17,19H,2-11H2,1H3,(H,23,24)/t15-,17-,19?. The number of rotatable bonds is 6. The molecule has 1 atom stereocenters. The number of aromatic nitrogens is 1. The highest BCUT2D eigenvalue weighted by Crippen LogP contribution is 2.33. The van der Waals surface area contributed by atoms with Gasteiger partial charge in [-0.3, -0.25) is 14.7 Å². The van der Waals surface area contributed by atoms with Gasteiger partial charge >= 0.3 is 5.97 Å². The molecule has 1 saturated carbocycles. The summed E-state index contributed by atoms with van der Waals surface area (Å²) in [5.74, 6) is 0.0245. The average molecular weight is 330 g/mol. The minimum Gasteiger partial charge on any atom is -0.481 e. The molecule has 1 aromatic rings. The Morgan fingerprint density at radius 1 is 1.25 bits per heavy atom. The first kappa shape index (κ1) is 17.4. The Balaban J connectivity index is 1.45. The molecule has 0 spiro atoms. The third kappa shape index (κ3) is 4.35. The second kappa shape index (κ2) is 8.11. The highest BCUT2D eigenvalue weighted by atomic mass is 16.4. The van der Waals surface area contributed by atoms with Crippen molar-refractivity contribution in [2.45, 2.75) is 63.8 Å². The van der Waals surface area contributed by atoms with Gasteiger partial charge in [0.2, 0.25) is 0 Å². The van der Waals surface area contributed by atoms with Crippen molar-refractivity contribution in [2.75, 3.05) is 13.6 Å². The Hall–Kier alpha value is -1.42. The second-order valence-corrected chi connectivity index (χ2v) is 7.71. The maximum atomic E-state index is 11.0. The van der Waals surface area contributed by atoms with Crippen LogP contribution in [-0.2, 0) is 11.2 Å². The Morgan fingerprint density at radius 2 is 2.04 bits per heavy atom. The van der Waals surface area contributed by atoms with E-state index in [9.17, 15) is 4.79 Å². The minimum atomic E-state index is -0.603. The summed E-state index contributed by atoms with van der Waals surface area (Å²) in [5, 5.41) is 9.07. The average Bonchev–Trinajstić information content (AvgIpc) is 3.02. The summed E-state index contributed by atoms with van der Waals surface area (Å²) in [6, 6.07) is 2.89. The lowest BCUT2D eigenvalue weighted by Crippen LogP contribution is -2.21. The molecule has 2 fully saturated rings. The molecule has 2 aliphatic rings. The Kier molecular flexibility index (Phi) is 5.88. The molecule has 132 valence electrons. The van der Waals surface area contributed by atoms with E-state index in [0.29, 0.717) is 6.04 Å². The van der Waals surface area contributed by atoms with Crippen LogP contribution in [0.15, 0.2) is 18.5 Å². The van der Waals surface area contributed by atoms with Crippen LogP contribution in [0.25, 0.3) is 0 Å². The summed E-state index contributed by atoms with van der Waals surface area (Å²) in [4.78, 5) is 17.9. The predicted molar refractivity (Wildman–Crippen MR) is 94.9 cm³/mol.